The second-order valence-corrected chi connectivity index (χ2v) is 7.44. The first kappa shape index (κ1) is 18.3. The van der Waals surface area contributed by atoms with Crippen LogP contribution in [0, 0.1) is 0 Å². The second kappa shape index (κ2) is 8.27. The maximum Gasteiger partial charge on any atom is 0.268 e. The third-order valence-corrected chi connectivity index (χ3v) is 5.46. The molecule has 0 bridgehead atoms. The number of amides is 2. The van der Waals surface area contributed by atoms with E-state index in [1.165, 1.54) is 11.3 Å². The Hall–Kier alpha value is -3.12. The number of thiophene rings is 1. The zero-order chi connectivity index (χ0) is 19.3. The van der Waals surface area contributed by atoms with Gasteiger partial charge >= 0.3 is 0 Å². The molecular weight excluding hydrogens is 372 g/mol. The van der Waals surface area contributed by atoms with Crippen molar-refractivity contribution in [3.05, 3.63) is 82.6 Å². The number of nitrogens with one attached hydrogen (secondary N) is 1. The Bertz CT molecular complexity index is 957. The topological polar surface area (TPSA) is 58.6 Å². The van der Waals surface area contributed by atoms with Crippen molar-refractivity contribution in [2.24, 2.45) is 0 Å². The number of rotatable bonds is 5. The van der Waals surface area contributed by atoms with Gasteiger partial charge in [-0.05, 0) is 35.6 Å². The fraction of sp³-hybridized carbons (Fsp3) is 0.182. The van der Waals surface area contributed by atoms with Crippen LogP contribution in [0.4, 0.5) is 5.69 Å². The molecule has 1 N–H and O–H groups in total. The molecule has 28 heavy (non-hydrogen) atoms. The Balaban J connectivity index is 1.46. The molecule has 0 radical (unpaired) electrons. The molecule has 4 rings (SSSR count). The minimum Gasteiger partial charge on any atom is -0.477 e. The molecule has 6 heteroatoms. The van der Waals surface area contributed by atoms with E-state index in [-0.39, 0.29) is 18.4 Å². The van der Waals surface area contributed by atoms with Gasteiger partial charge in [0.2, 0.25) is 0 Å². The summed E-state index contributed by atoms with van der Waals surface area (Å²) in [5.74, 6) is 0.212. The summed E-state index contributed by atoms with van der Waals surface area (Å²) in [7, 11) is 0. The first-order valence-electron chi connectivity index (χ1n) is 9.15. The molecule has 0 saturated carbocycles. The molecule has 2 amide bonds. The van der Waals surface area contributed by atoms with Crippen LogP contribution in [-0.2, 0) is 11.2 Å². The number of anilines is 1. The Morgan fingerprint density at radius 2 is 1.82 bits per heavy atom. The van der Waals surface area contributed by atoms with E-state index in [2.05, 4.69) is 5.32 Å². The number of fused-ring (bicyclic) bond motifs is 1. The summed E-state index contributed by atoms with van der Waals surface area (Å²) in [6.07, 6.45) is 0.00265. The summed E-state index contributed by atoms with van der Waals surface area (Å²) in [6, 6.07) is 20.9. The van der Waals surface area contributed by atoms with Crippen LogP contribution < -0.4 is 15.0 Å². The Morgan fingerprint density at radius 3 is 2.61 bits per heavy atom. The molecule has 0 aliphatic carbocycles. The maximum atomic E-state index is 12.9. The zero-order valence-electron chi connectivity index (χ0n) is 15.2. The van der Waals surface area contributed by atoms with Gasteiger partial charge in [0.05, 0.1) is 17.1 Å². The predicted molar refractivity (Wildman–Crippen MR) is 110 cm³/mol. The minimum absolute atomic E-state index is 0.118. The van der Waals surface area contributed by atoms with Crippen molar-refractivity contribution in [3.63, 3.8) is 0 Å². The molecule has 3 aromatic rings. The fourth-order valence-electron chi connectivity index (χ4n) is 3.19. The average molecular weight is 392 g/mol. The van der Waals surface area contributed by atoms with Crippen molar-refractivity contribution >= 4 is 28.8 Å². The molecule has 2 aromatic carbocycles. The van der Waals surface area contributed by atoms with Crippen LogP contribution in [0.3, 0.4) is 0 Å². The first-order chi connectivity index (χ1) is 13.7. The monoisotopic (exact) mass is 392 g/mol. The summed E-state index contributed by atoms with van der Waals surface area (Å²) >= 11 is 1.39. The van der Waals surface area contributed by atoms with E-state index in [0.717, 1.165) is 12.0 Å². The summed E-state index contributed by atoms with van der Waals surface area (Å²) in [4.78, 5) is 27.9. The van der Waals surface area contributed by atoms with E-state index in [1.807, 2.05) is 60.0 Å². The molecule has 5 nitrogen and oxygen atoms in total. The van der Waals surface area contributed by atoms with Gasteiger partial charge in [-0.1, -0.05) is 48.5 Å². The van der Waals surface area contributed by atoms with Crippen LogP contribution in [0.15, 0.2) is 72.1 Å². The smallest absolute Gasteiger partial charge is 0.268 e. The lowest BCUT2D eigenvalue weighted by Crippen LogP contribution is -2.51. The lowest BCUT2D eigenvalue weighted by Gasteiger charge is -2.34. The van der Waals surface area contributed by atoms with E-state index < -0.39 is 6.10 Å². The van der Waals surface area contributed by atoms with Crippen molar-refractivity contribution in [3.8, 4) is 5.75 Å². The van der Waals surface area contributed by atoms with E-state index >= 15 is 0 Å². The summed E-state index contributed by atoms with van der Waals surface area (Å²) in [5, 5.41) is 4.80. The van der Waals surface area contributed by atoms with Gasteiger partial charge in [-0.25, -0.2) is 0 Å². The molecule has 2 heterocycles. The molecular formula is C22H20N2O3S. The lowest BCUT2D eigenvalue weighted by molar-refractivity contribution is -0.127. The Morgan fingerprint density at radius 1 is 1.04 bits per heavy atom. The fourth-order valence-corrected chi connectivity index (χ4v) is 3.86. The quantitative estimate of drug-likeness (QED) is 0.723. The minimum atomic E-state index is -0.741. The number of ether oxygens (including phenoxy) is 1. The van der Waals surface area contributed by atoms with Crippen molar-refractivity contribution in [2.75, 3.05) is 18.0 Å². The van der Waals surface area contributed by atoms with Gasteiger partial charge in [-0.3, -0.25) is 14.5 Å². The molecule has 1 atom stereocenters. The number of carbonyl (C=O) groups is 2. The first-order valence-corrected chi connectivity index (χ1v) is 10.0. The molecule has 0 spiro atoms. The number of hydrogen-bond acceptors (Lipinski definition) is 4. The number of benzene rings is 2. The highest BCUT2D eigenvalue weighted by Gasteiger charge is 2.34. The van der Waals surface area contributed by atoms with Crippen molar-refractivity contribution in [2.45, 2.75) is 12.5 Å². The van der Waals surface area contributed by atoms with E-state index in [1.54, 1.807) is 17.0 Å². The van der Waals surface area contributed by atoms with Gasteiger partial charge in [0, 0.05) is 6.54 Å². The molecule has 0 unspecified atom stereocenters. The number of hydrogen-bond donors (Lipinski definition) is 1. The van der Waals surface area contributed by atoms with Crippen molar-refractivity contribution in [1.29, 1.82) is 0 Å². The second-order valence-electron chi connectivity index (χ2n) is 6.49. The van der Waals surface area contributed by atoms with Crippen LogP contribution >= 0.6 is 11.3 Å². The van der Waals surface area contributed by atoms with Crippen LogP contribution in [0.2, 0.25) is 0 Å². The molecule has 1 aliphatic heterocycles. The van der Waals surface area contributed by atoms with Gasteiger partial charge in [0.15, 0.2) is 6.10 Å². The third-order valence-electron chi connectivity index (χ3n) is 4.60. The maximum absolute atomic E-state index is 12.9. The van der Waals surface area contributed by atoms with E-state index in [4.69, 9.17) is 4.74 Å². The van der Waals surface area contributed by atoms with E-state index in [9.17, 15) is 9.59 Å². The largest absolute Gasteiger partial charge is 0.477 e. The standard InChI is InChI=1S/C22H20N2O3S/c25-21(23-13-12-16-7-2-1-3-8-16)19-15-24(22(26)20-11-6-14-28-20)17-9-4-5-10-18(17)27-19/h1-11,14,19H,12-13,15H2,(H,23,25)/t19-/m0/s1. The van der Waals surface area contributed by atoms with Crippen LogP contribution in [0.5, 0.6) is 5.75 Å². The van der Waals surface area contributed by atoms with Gasteiger partial charge in [0.25, 0.3) is 11.8 Å². The molecule has 0 fully saturated rings. The lowest BCUT2D eigenvalue weighted by atomic mass is 10.1. The SMILES string of the molecule is O=C(NCCc1ccccc1)[C@@H]1CN(C(=O)c2cccs2)c2ccccc2O1. The average Bonchev–Trinajstić information content (AvgIpc) is 3.28. The van der Waals surface area contributed by atoms with Gasteiger partial charge in [0.1, 0.15) is 5.75 Å². The zero-order valence-corrected chi connectivity index (χ0v) is 16.0. The predicted octanol–water partition coefficient (Wildman–Crippen LogP) is 3.51. The highest BCUT2D eigenvalue weighted by Crippen LogP contribution is 2.34. The highest BCUT2D eigenvalue weighted by atomic mass is 32.1. The van der Waals surface area contributed by atoms with Gasteiger partial charge in [-0.15, -0.1) is 11.3 Å². The number of carbonyl (C=O) groups excluding carboxylic acids is 2. The molecule has 1 aromatic heterocycles. The number of para-hydroxylation sites is 2. The normalized spacial score (nSPS) is 15.4. The van der Waals surface area contributed by atoms with Crippen LogP contribution in [0.1, 0.15) is 15.2 Å². The van der Waals surface area contributed by atoms with E-state index in [0.29, 0.717) is 22.9 Å². The van der Waals surface area contributed by atoms with Crippen LogP contribution in [-0.4, -0.2) is 31.0 Å². The Kier molecular flexibility index (Phi) is 5.39. The molecule has 1 aliphatic rings. The molecule has 142 valence electrons. The van der Waals surface area contributed by atoms with Crippen LogP contribution in [0.25, 0.3) is 0 Å². The van der Waals surface area contributed by atoms with Gasteiger partial charge in [-0.2, -0.15) is 0 Å². The Labute approximate surface area is 167 Å². The summed E-state index contributed by atoms with van der Waals surface area (Å²) in [6.45, 7) is 0.703. The highest BCUT2D eigenvalue weighted by molar-refractivity contribution is 7.12. The number of nitrogens with zero attached hydrogens (tertiary/aromatic N) is 1. The van der Waals surface area contributed by atoms with Crippen molar-refractivity contribution < 1.29 is 14.3 Å². The summed E-state index contributed by atoms with van der Waals surface area (Å²) in [5.41, 5.74) is 1.85. The van der Waals surface area contributed by atoms with Crippen molar-refractivity contribution in [1.82, 2.24) is 5.32 Å². The third kappa shape index (κ3) is 3.92. The van der Waals surface area contributed by atoms with Gasteiger partial charge < -0.3 is 10.1 Å². The summed E-state index contributed by atoms with van der Waals surface area (Å²) < 4.78 is 5.89. The molecule has 0 saturated heterocycles.